The van der Waals surface area contributed by atoms with Crippen LogP contribution in [0.25, 0.3) is 0 Å². The lowest BCUT2D eigenvalue weighted by Crippen LogP contribution is -2.34. The fraction of sp³-hybridized carbons (Fsp3) is 0.951. The summed E-state index contributed by atoms with van der Waals surface area (Å²) in [5.41, 5.74) is 0. The van der Waals surface area contributed by atoms with Crippen LogP contribution in [-0.2, 0) is 19.1 Å². The van der Waals surface area contributed by atoms with Crippen LogP contribution < -0.4 is 5.32 Å². The second-order valence-electron chi connectivity index (χ2n) is 14.3. The zero-order valence-electron chi connectivity index (χ0n) is 32.5. The number of rotatable bonds is 38. The zero-order chi connectivity index (χ0) is 35.3. The van der Waals surface area contributed by atoms with Gasteiger partial charge in [0.05, 0.1) is 19.3 Å². The second kappa shape index (κ2) is 37.1. The Morgan fingerprint density at radius 3 is 1.52 bits per heavy atom. The number of carbonyl (C=O) groups is 2. The third-order valence-electron chi connectivity index (χ3n) is 9.54. The van der Waals surface area contributed by atoms with Gasteiger partial charge < -0.3 is 24.8 Å². The van der Waals surface area contributed by atoms with Gasteiger partial charge in [-0.15, -0.1) is 0 Å². The van der Waals surface area contributed by atoms with Crippen molar-refractivity contribution in [3.63, 3.8) is 0 Å². The van der Waals surface area contributed by atoms with E-state index in [0.717, 1.165) is 96.7 Å². The van der Waals surface area contributed by atoms with Crippen LogP contribution in [-0.4, -0.2) is 74.0 Å². The van der Waals surface area contributed by atoms with Crippen molar-refractivity contribution in [2.45, 2.75) is 201 Å². The summed E-state index contributed by atoms with van der Waals surface area (Å²) in [7, 11) is 0. The van der Waals surface area contributed by atoms with Crippen LogP contribution in [0.2, 0.25) is 0 Å². The van der Waals surface area contributed by atoms with E-state index >= 15 is 0 Å². The lowest BCUT2D eigenvalue weighted by atomic mass is 9.92. The van der Waals surface area contributed by atoms with Gasteiger partial charge in [-0.2, -0.15) is 0 Å². The van der Waals surface area contributed by atoms with E-state index in [1.54, 1.807) is 0 Å². The Labute approximate surface area is 298 Å². The molecule has 0 aliphatic heterocycles. The lowest BCUT2D eigenvalue weighted by molar-refractivity contribution is -0.144. The van der Waals surface area contributed by atoms with E-state index in [0.29, 0.717) is 26.1 Å². The van der Waals surface area contributed by atoms with Crippen LogP contribution in [0.4, 0.5) is 0 Å². The number of aliphatic hydroxyl groups is 1. The van der Waals surface area contributed by atoms with Crippen molar-refractivity contribution in [1.82, 2.24) is 10.2 Å². The summed E-state index contributed by atoms with van der Waals surface area (Å²) in [5.74, 6) is 0.0580. The third-order valence-corrected chi connectivity index (χ3v) is 9.54. The molecule has 0 heterocycles. The van der Waals surface area contributed by atoms with Gasteiger partial charge in [-0.3, -0.25) is 9.59 Å². The minimum Gasteiger partial charge on any atom is -0.466 e. The number of esters is 2. The van der Waals surface area contributed by atoms with E-state index in [4.69, 9.17) is 9.47 Å². The molecule has 0 radical (unpaired) electrons. The highest BCUT2D eigenvalue weighted by molar-refractivity contribution is 5.69. The largest absolute Gasteiger partial charge is 0.466 e. The first-order valence-corrected chi connectivity index (χ1v) is 20.9. The predicted octanol–water partition coefficient (Wildman–Crippen LogP) is 10.2. The quantitative estimate of drug-likeness (QED) is 0.0495. The molecule has 0 saturated heterocycles. The predicted molar refractivity (Wildman–Crippen MR) is 203 cm³/mol. The first-order valence-electron chi connectivity index (χ1n) is 20.9. The molecular weight excluding hydrogens is 600 g/mol. The summed E-state index contributed by atoms with van der Waals surface area (Å²) in [6.45, 7) is 15.2. The Morgan fingerprint density at radius 2 is 0.979 bits per heavy atom. The molecule has 0 amide bonds. The second-order valence-corrected chi connectivity index (χ2v) is 14.3. The number of hydrogen-bond donors (Lipinski definition) is 2. The van der Waals surface area contributed by atoms with Gasteiger partial charge in [0.1, 0.15) is 0 Å². The fourth-order valence-corrected chi connectivity index (χ4v) is 6.24. The van der Waals surface area contributed by atoms with Crippen LogP contribution in [0.15, 0.2) is 0 Å². The van der Waals surface area contributed by atoms with Gasteiger partial charge in [0.2, 0.25) is 0 Å². The van der Waals surface area contributed by atoms with Crippen molar-refractivity contribution in [2.24, 2.45) is 5.92 Å². The molecule has 0 spiro atoms. The van der Waals surface area contributed by atoms with Crippen LogP contribution in [0.5, 0.6) is 0 Å². The standard InChI is InChI=1S/C41H82N2O5/c1-5-9-13-15-17-21-29-40(45)47-35-24-19-20-28-39(44)38(37-42-31-26-34-43(32-11-7-3)33-12-8-4)27-23-25-36-48-41(46)30-22-18-16-14-10-6-2/h38-39,42,44H,5-37H2,1-4H3. The zero-order valence-corrected chi connectivity index (χ0v) is 32.5. The minimum absolute atomic E-state index is 0.0660. The summed E-state index contributed by atoms with van der Waals surface area (Å²) in [4.78, 5) is 26.7. The molecule has 2 unspecified atom stereocenters. The third kappa shape index (κ3) is 32.0. The Bertz CT molecular complexity index is 684. The molecule has 0 bridgehead atoms. The van der Waals surface area contributed by atoms with Gasteiger partial charge in [0.15, 0.2) is 0 Å². The molecule has 0 aliphatic rings. The monoisotopic (exact) mass is 683 g/mol. The number of carbonyl (C=O) groups excluding carboxylic acids is 2. The maximum atomic E-state index is 12.1. The van der Waals surface area contributed by atoms with Gasteiger partial charge in [-0.1, -0.05) is 111 Å². The van der Waals surface area contributed by atoms with Crippen molar-refractivity contribution >= 4 is 11.9 Å². The van der Waals surface area contributed by atoms with E-state index in [1.165, 1.54) is 90.1 Å². The molecule has 0 aromatic heterocycles. The van der Waals surface area contributed by atoms with Crippen LogP contribution >= 0.6 is 0 Å². The molecule has 7 nitrogen and oxygen atoms in total. The Morgan fingerprint density at radius 1 is 0.542 bits per heavy atom. The average Bonchev–Trinajstić information content (AvgIpc) is 3.08. The van der Waals surface area contributed by atoms with Crippen molar-refractivity contribution in [1.29, 1.82) is 0 Å². The van der Waals surface area contributed by atoms with Crippen molar-refractivity contribution in [2.75, 3.05) is 45.9 Å². The molecule has 0 aliphatic carbocycles. The van der Waals surface area contributed by atoms with Gasteiger partial charge in [0.25, 0.3) is 0 Å². The highest BCUT2D eigenvalue weighted by atomic mass is 16.5. The molecule has 7 heteroatoms. The Kier molecular flexibility index (Phi) is 36.2. The van der Waals surface area contributed by atoms with Crippen LogP contribution in [0.3, 0.4) is 0 Å². The van der Waals surface area contributed by atoms with Crippen molar-refractivity contribution in [3.8, 4) is 0 Å². The van der Waals surface area contributed by atoms with Gasteiger partial charge in [-0.05, 0) is 103 Å². The van der Waals surface area contributed by atoms with Crippen LogP contribution in [0.1, 0.15) is 195 Å². The normalized spacial score (nSPS) is 12.8. The molecule has 0 rings (SSSR count). The Hall–Kier alpha value is -1.18. The summed E-state index contributed by atoms with van der Waals surface area (Å²) in [5, 5.41) is 14.8. The fourth-order valence-electron chi connectivity index (χ4n) is 6.24. The van der Waals surface area contributed by atoms with Crippen LogP contribution in [0, 0.1) is 5.92 Å². The van der Waals surface area contributed by atoms with Gasteiger partial charge in [0, 0.05) is 19.4 Å². The summed E-state index contributed by atoms with van der Waals surface area (Å²) in [6.07, 6.45) is 27.2. The molecule has 2 N–H and O–H groups in total. The number of ether oxygens (including phenoxy) is 2. The molecule has 48 heavy (non-hydrogen) atoms. The van der Waals surface area contributed by atoms with Crippen molar-refractivity contribution in [3.05, 3.63) is 0 Å². The molecule has 0 saturated carbocycles. The van der Waals surface area contributed by atoms with E-state index in [9.17, 15) is 14.7 Å². The van der Waals surface area contributed by atoms with Gasteiger partial charge in [-0.25, -0.2) is 0 Å². The van der Waals surface area contributed by atoms with E-state index < -0.39 is 0 Å². The Balaban J connectivity index is 4.44. The average molecular weight is 683 g/mol. The van der Waals surface area contributed by atoms with E-state index in [2.05, 4.69) is 37.9 Å². The smallest absolute Gasteiger partial charge is 0.305 e. The van der Waals surface area contributed by atoms with Crippen molar-refractivity contribution < 1.29 is 24.2 Å². The minimum atomic E-state index is -0.353. The molecule has 0 aromatic carbocycles. The van der Waals surface area contributed by atoms with E-state index in [-0.39, 0.29) is 24.0 Å². The highest BCUT2D eigenvalue weighted by Gasteiger charge is 2.19. The highest BCUT2D eigenvalue weighted by Crippen LogP contribution is 2.19. The molecule has 0 aromatic rings. The molecular formula is C41H82N2O5. The van der Waals surface area contributed by atoms with Gasteiger partial charge >= 0.3 is 11.9 Å². The summed E-state index contributed by atoms with van der Waals surface area (Å²) in [6, 6.07) is 0. The lowest BCUT2D eigenvalue weighted by Gasteiger charge is -2.25. The maximum Gasteiger partial charge on any atom is 0.305 e. The van der Waals surface area contributed by atoms with E-state index in [1.807, 2.05) is 0 Å². The number of nitrogens with zero attached hydrogens (tertiary/aromatic N) is 1. The number of unbranched alkanes of at least 4 members (excludes halogenated alkanes) is 15. The SMILES string of the molecule is CCCCCCCCC(=O)OCCCCCC(O)C(CCCCOC(=O)CCCCCCCC)CNCCCN(CCCC)CCCC. The number of aliphatic hydroxyl groups excluding tert-OH is 1. The number of hydrogen-bond acceptors (Lipinski definition) is 7. The maximum absolute atomic E-state index is 12.1. The molecule has 286 valence electrons. The number of nitrogens with one attached hydrogen (secondary N) is 1. The molecule has 0 fully saturated rings. The molecule has 2 atom stereocenters. The topological polar surface area (TPSA) is 88.1 Å². The first kappa shape index (κ1) is 46.8. The summed E-state index contributed by atoms with van der Waals surface area (Å²) < 4.78 is 11.0. The first-order chi connectivity index (χ1) is 23.5. The summed E-state index contributed by atoms with van der Waals surface area (Å²) >= 11 is 0.